The zero-order valence-electron chi connectivity index (χ0n) is 13.1. The van der Waals surface area contributed by atoms with E-state index in [0.29, 0.717) is 12.4 Å². The Morgan fingerprint density at radius 2 is 1.96 bits per heavy atom. The van der Waals surface area contributed by atoms with Crippen LogP contribution in [0.1, 0.15) is 18.5 Å². The molecule has 23 heavy (non-hydrogen) atoms. The fourth-order valence-corrected chi connectivity index (χ4v) is 2.34. The van der Waals surface area contributed by atoms with E-state index >= 15 is 0 Å². The second-order valence-electron chi connectivity index (χ2n) is 5.78. The summed E-state index contributed by atoms with van der Waals surface area (Å²) in [5.41, 5.74) is -1.000. The quantitative estimate of drug-likeness (QED) is 0.905. The summed E-state index contributed by atoms with van der Waals surface area (Å²) < 4.78 is 37.3. The molecule has 2 heterocycles. The van der Waals surface area contributed by atoms with Crippen LogP contribution in [0, 0.1) is 0 Å². The Morgan fingerprint density at radius 3 is 2.43 bits per heavy atom. The number of nitrogens with one attached hydrogen (secondary N) is 1. The normalized spacial score (nSPS) is 17.1. The third-order valence-electron chi connectivity index (χ3n) is 3.75. The smallest absolute Gasteiger partial charge is 0.366 e. The van der Waals surface area contributed by atoms with Crippen molar-refractivity contribution in [2.75, 3.05) is 39.0 Å². The molecule has 1 saturated heterocycles. The molecule has 1 amide bonds. The Hall–Kier alpha value is -1.90. The average Bonchev–Trinajstić information content (AvgIpc) is 2.49. The zero-order valence-corrected chi connectivity index (χ0v) is 13.1. The topological polar surface area (TPSA) is 61.4 Å². The number of rotatable bonds is 4. The standard InChI is InChI=1S/C14H20F3N5O/c1-21(2)13(23)9-22-7-5-10(6-8-22)18-12-4-3-11(19-20-12)14(15,16)17/h3-4,10H,5-9H2,1-2H3,(H,18,20). The van der Waals surface area contributed by atoms with Gasteiger partial charge in [-0.05, 0) is 25.0 Å². The lowest BCUT2D eigenvalue weighted by Gasteiger charge is -2.32. The summed E-state index contributed by atoms with van der Waals surface area (Å²) in [6.07, 6.45) is -2.89. The highest BCUT2D eigenvalue weighted by molar-refractivity contribution is 5.77. The first-order valence-corrected chi connectivity index (χ1v) is 7.35. The van der Waals surface area contributed by atoms with Crippen molar-refractivity contribution in [3.05, 3.63) is 17.8 Å². The minimum Gasteiger partial charge on any atom is -0.366 e. The maximum Gasteiger partial charge on any atom is 0.435 e. The van der Waals surface area contributed by atoms with Crippen LogP contribution in [-0.4, -0.2) is 65.7 Å². The lowest BCUT2D eigenvalue weighted by Crippen LogP contribution is -2.44. The van der Waals surface area contributed by atoms with Gasteiger partial charge in [0.15, 0.2) is 5.69 Å². The van der Waals surface area contributed by atoms with Crippen LogP contribution < -0.4 is 5.32 Å². The molecular weight excluding hydrogens is 311 g/mol. The third-order valence-corrected chi connectivity index (χ3v) is 3.75. The van der Waals surface area contributed by atoms with E-state index in [9.17, 15) is 18.0 Å². The summed E-state index contributed by atoms with van der Waals surface area (Å²) in [7, 11) is 3.44. The van der Waals surface area contributed by atoms with Crippen molar-refractivity contribution in [2.45, 2.75) is 25.1 Å². The van der Waals surface area contributed by atoms with Crippen LogP contribution in [0.25, 0.3) is 0 Å². The third kappa shape index (κ3) is 5.05. The van der Waals surface area contributed by atoms with E-state index in [1.165, 1.54) is 6.07 Å². The Bertz CT molecular complexity index is 524. The number of carbonyl (C=O) groups excluding carboxylic acids is 1. The molecule has 0 aromatic carbocycles. The van der Waals surface area contributed by atoms with Gasteiger partial charge in [-0.25, -0.2) is 0 Å². The van der Waals surface area contributed by atoms with Gasteiger partial charge in [-0.3, -0.25) is 9.69 Å². The Morgan fingerprint density at radius 1 is 1.30 bits per heavy atom. The van der Waals surface area contributed by atoms with Gasteiger partial charge < -0.3 is 10.2 Å². The van der Waals surface area contributed by atoms with Gasteiger partial charge in [-0.15, -0.1) is 10.2 Å². The van der Waals surface area contributed by atoms with E-state index in [-0.39, 0.29) is 11.9 Å². The number of hydrogen-bond donors (Lipinski definition) is 1. The number of amides is 1. The van der Waals surface area contributed by atoms with E-state index in [1.807, 2.05) is 0 Å². The van der Waals surface area contributed by atoms with Crippen molar-refractivity contribution in [3.8, 4) is 0 Å². The fourth-order valence-electron chi connectivity index (χ4n) is 2.34. The van der Waals surface area contributed by atoms with Crippen molar-refractivity contribution < 1.29 is 18.0 Å². The molecule has 1 fully saturated rings. The van der Waals surface area contributed by atoms with Crippen LogP contribution in [0.5, 0.6) is 0 Å². The summed E-state index contributed by atoms with van der Waals surface area (Å²) in [5.74, 6) is 0.394. The molecule has 128 valence electrons. The van der Waals surface area contributed by atoms with Crippen LogP contribution in [0.4, 0.5) is 19.0 Å². The molecular formula is C14H20F3N5O. The maximum absolute atomic E-state index is 12.4. The van der Waals surface area contributed by atoms with E-state index in [4.69, 9.17) is 0 Å². The van der Waals surface area contributed by atoms with Crippen LogP contribution in [0.3, 0.4) is 0 Å². The van der Waals surface area contributed by atoms with Gasteiger partial charge in [-0.1, -0.05) is 0 Å². The Labute approximate surface area is 132 Å². The molecule has 1 aliphatic rings. The number of anilines is 1. The molecule has 0 radical (unpaired) electrons. The summed E-state index contributed by atoms with van der Waals surface area (Å²) in [5, 5.41) is 9.86. The van der Waals surface area contributed by atoms with E-state index in [1.54, 1.807) is 19.0 Å². The van der Waals surface area contributed by atoms with E-state index in [2.05, 4.69) is 20.4 Å². The molecule has 0 aliphatic carbocycles. The first-order chi connectivity index (χ1) is 10.8. The van der Waals surface area contributed by atoms with Crippen LogP contribution in [-0.2, 0) is 11.0 Å². The van der Waals surface area contributed by atoms with Gasteiger partial charge in [-0.2, -0.15) is 13.2 Å². The summed E-state index contributed by atoms with van der Waals surface area (Å²) in [4.78, 5) is 15.3. The van der Waals surface area contributed by atoms with Crippen molar-refractivity contribution in [3.63, 3.8) is 0 Å². The van der Waals surface area contributed by atoms with E-state index < -0.39 is 11.9 Å². The largest absolute Gasteiger partial charge is 0.435 e. The highest BCUT2D eigenvalue weighted by atomic mass is 19.4. The van der Waals surface area contributed by atoms with E-state index in [0.717, 1.165) is 32.0 Å². The van der Waals surface area contributed by atoms with Gasteiger partial charge in [0, 0.05) is 33.2 Å². The molecule has 1 aromatic heterocycles. The summed E-state index contributed by atoms with van der Waals surface area (Å²) >= 11 is 0. The van der Waals surface area contributed by atoms with Crippen LogP contribution in [0.15, 0.2) is 12.1 Å². The number of nitrogens with zero attached hydrogens (tertiary/aromatic N) is 4. The second kappa shape index (κ2) is 7.12. The van der Waals surface area contributed by atoms with Crippen LogP contribution >= 0.6 is 0 Å². The number of halogens is 3. The number of piperidine rings is 1. The van der Waals surface area contributed by atoms with Crippen LogP contribution in [0.2, 0.25) is 0 Å². The molecule has 0 unspecified atom stereocenters. The molecule has 0 spiro atoms. The predicted molar refractivity (Wildman–Crippen MR) is 78.8 cm³/mol. The lowest BCUT2D eigenvalue weighted by molar-refractivity contribution is -0.141. The first kappa shape index (κ1) is 17.5. The van der Waals surface area contributed by atoms with Crippen molar-refractivity contribution in [2.24, 2.45) is 0 Å². The number of aromatic nitrogens is 2. The number of likely N-dealkylation sites (tertiary alicyclic amines) is 1. The minimum atomic E-state index is -4.48. The molecule has 0 bridgehead atoms. The number of alkyl halides is 3. The summed E-state index contributed by atoms with van der Waals surface area (Å²) in [6, 6.07) is 2.32. The molecule has 6 nitrogen and oxygen atoms in total. The molecule has 1 aromatic rings. The van der Waals surface area contributed by atoms with Crippen molar-refractivity contribution in [1.29, 1.82) is 0 Å². The fraction of sp³-hybridized carbons (Fsp3) is 0.643. The number of likely N-dealkylation sites (N-methyl/N-ethyl adjacent to an activating group) is 1. The number of hydrogen-bond acceptors (Lipinski definition) is 5. The molecule has 9 heteroatoms. The zero-order chi connectivity index (χ0) is 17.0. The molecule has 0 atom stereocenters. The van der Waals surface area contributed by atoms with Gasteiger partial charge in [0.05, 0.1) is 6.54 Å². The predicted octanol–water partition coefficient (Wildman–Crippen LogP) is 1.46. The van der Waals surface area contributed by atoms with Gasteiger partial charge in [0.25, 0.3) is 0 Å². The van der Waals surface area contributed by atoms with Gasteiger partial charge in [0.1, 0.15) is 5.82 Å². The average molecular weight is 331 g/mol. The molecule has 1 aliphatic heterocycles. The van der Waals surface area contributed by atoms with Crippen molar-refractivity contribution in [1.82, 2.24) is 20.0 Å². The first-order valence-electron chi connectivity index (χ1n) is 7.35. The number of carbonyl (C=O) groups is 1. The maximum atomic E-state index is 12.4. The lowest BCUT2D eigenvalue weighted by atomic mass is 10.1. The monoisotopic (exact) mass is 331 g/mol. The SMILES string of the molecule is CN(C)C(=O)CN1CCC(Nc2ccc(C(F)(F)F)nn2)CC1. The molecule has 0 saturated carbocycles. The highest BCUT2D eigenvalue weighted by Gasteiger charge is 2.33. The van der Waals surface area contributed by atoms with Gasteiger partial charge >= 0.3 is 6.18 Å². The van der Waals surface area contributed by atoms with Gasteiger partial charge in [0.2, 0.25) is 5.91 Å². The second-order valence-corrected chi connectivity index (χ2v) is 5.78. The Balaban J connectivity index is 1.81. The minimum absolute atomic E-state index is 0.0602. The highest BCUT2D eigenvalue weighted by Crippen LogP contribution is 2.27. The van der Waals surface area contributed by atoms with Crippen molar-refractivity contribution >= 4 is 11.7 Å². The summed E-state index contributed by atoms with van der Waals surface area (Å²) in [6.45, 7) is 1.90. The Kier molecular flexibility index (Phi) is 5.40. The molecule has 2 rings (SSSR count). The molecule has 1 N–H and O–H groups in total.